The van der Waals surface area contributed by atoms with Crippen molar-refractivity contribution in [3.8, 4) is 0 Å². The van der Waals surface area contributed by atoms with Crippen LogP contribution in [0.2, 0.25) is 0 Å². The Morgan fingerprint density at radius 3 is 2.43 bits per heavy atom. The summed E-state index contributed by atoms with van der Waals surface area (Å²) in [6.45, 7) is 1.76. The van der Waals surface area contributed by atoms with Gasteiger partial charge in [-0.1, -0.05) is 18.2 Å². The fraction of sp³-hybridized carbons (Fsp3) is 0.100. The average molecular weight is 435 g/mol. The number of alkyl halides is 3. The number of hydrogen-bond acceptors (Lipinski definition) is 4. The zero-order valence-corrected chi connectivity index (χ0v) is 16.4. The highest BCUT2D eigenvalue weighted by Gasteiger charge is 2.31. The van der Waals surface area contributed by atoms with Crippen LogP contribution in [0.1, 0.15) is 21.5 Å². The van der Waals surface area contributed by atoms with Gasteiger partial charge in [-0.25, -0.2) is 8.42 Å². The molecular formula is C20H16F3N3O3S. The van der Waals surface area contributed by atoms with Gasteiger partial charge in [-0.3, -0.25) is 14.5 Å². The Labute approximate surface area is 170 Å². The first-order chi connectivity index (χ1) is 14.1. The molecule has 0 aliphatic carbocycles. The molecule has 10 heteroatoms. The maximum Gasteiger partial charge on any atom is 0.416 e. The summed E-state index contributed by atoms with van der Waals surface area (Å²) in [4.78, 5) is 16.0. The molecule has 0 spiro atoms. The molecule has 156 valence electrons. The second kappa shape index (κ2) is 8.15. The van der Waals surface area contributed by atoms with E-state index in [1.165, 1.54) is 30.5 Å². The predicted octanol–water partition coefficient (Wildman–Crippen LogP) is 4.46. The topological polar surface area (TPSA) is 88.2 Å². The van der Waals surface area contributed by atoms with E-state index in [1.807, 2.05) is 0 Å². The van der Waals surface area contributed by atoms with Crippen LogP contribution in [0.5, 0.6) is 0 Å². The molecule has 0 fully saturated rings. The number of carbonyl (C=O) groups is 1. The molecular weight excluding hydrogens is 419 g/mol. The largest absolute Gasteiger partial charge is 0.416 e. The van der Waals surface area contributed by atoms with Crippen molar-refractivity contribution >= 4 is 27.3 Å². The molecule has 0 aliphatic heterocycles. The van der Waals surface area contributed by atoms with E-state index in [1.54, 1.807) is 19.2 Å². The van der Waals surface area contributed by atoms with Crippen molar-refractivity contribution < 1.29 is 26.4 Å². The molecule has 0 atom stereocenters. The number of aryl methyl sites for hydroxylation is 1. The number of para-hydroxylation sites is 1. The first kappa shape index (κ1) is 21.3. The van der Waals surface area contributed by atoms with Gasteiger partial charge in [0.15, 0.2) is 0 Å². The molecule has 3 rings (SSSR count). The maximum atomic E-state index is 12.9. The summed E-state index contributed by atoms with van der Waals surface area (Å²) < 4.78 is 66.2. The monoisotopic (exact) mass is 435 g/mol. The summed E-state index contributed by atoms with van der Waals surface area (Å²) in [7, 11) is -4.38. The van der Waals surface area contributed by atoms with Gasteiger partial charge in [0.25, 0.3) is 15.9 Å². The first-order valence-corrected chi connectivity index (χ1v) is 10.1. The van der Waals surface area contributed by atoms with Crippen LogP contribution >= 0.6 is 0 Å². The van der Waals surface area contributed by atoms with Gasteiger partial charge in [0.05, 0.1) is 33.6 Å². The van der Waals surface area contributed by atoms with Gasteiger partial charge in [0.1, 0.15) is 0 Å². The quantitative estimate of drug-likeness (QED) is 0.619. The number of carbonyl (C=O) groups excluding carboxylic acids is 1. The number of amides is 1. The van der Waals surface area contributed by atoms with Crippen molar-refractivity contribution in [2.75, 3.05) is 10.0 Å². The van der Waals surface area contributed by atoms with E-state index in [9.17, 15) is 26.4 Å². The lowest BCUT2D eigenvalue weighted by Crippen LogP contribution is -2.19. The molecule has 1 amide bonds. The summed E-state index contributed by atoms with van der Waals surface area (Å²) in [5.41, 5.74) is 0.0205. The minimum absolute atomic E-state index is 0.00342. The third kappa shape index (κ3) is 4.77. The standard InChI is InChI=1S/C20H16F3N3O3S/c1-13-9-10-24-12-18(13)25-19(27)16-7-2-3-8-17(16)26-30(28,29)15-6-4-5-14(11-15)20(21,22)23/h2-12,26H,1H3,(H,25,27). The molecule has 2 N–H and O–H groups in total. The number of sulfonamides is 1. The van der Waals surface area contributed by atoms with E-state index in [2.05, 4.69) is 15.0 Å². The first-order valence-electron chi connectivity index (χ1n) is 8.59. The molecule has 0 aliphatic rings. The van der Waals surface area contributed by atoms with Crippen LogP contribution < -0.4 is 10.0 Å². The number of aromatic nitrogens is 1. The molecule has 2 aromatic carbocycles. The SMILES string of the molecule is Cc1ccncc1NC(=O)c1ccccc1NS(=O)(=O)c1cccc(C(F)(F)F)c1. The van der Waals surface area contributed by atoms with Crippen molar-refractivity contribution in [3.05, 3.63) is 83.7 Å². The summed E-state index contributed by atoms with van der Waals surface area (Å²) in [6.07, 6.45) is -1.68. The highest BCUT2D eigenvalue weighted by atomic mass is 32.2. The molecule has 0 radical (unpaired) electrons. The lowest BCUT2D eigenvalue weighted by Gasteiger charge is -2.14. The van der Waals surface area contributed by atoms with Gasteiger partial charge >= 0.3 is 6.18 Å². The normalized spacial score (nSPS) is 11.7. The van der Waals surface area contributed by atoms with Crippen LogP contribution in [0, 0.1) is 6.92 Å². The van der Waals surface area contributed by atoms with Gasteiger partial charge < -0.3 is 5.32 Å². The predicted molar refractivity (Wildman–Crippen MR) is 106 cm³/mol. The molecule has 6 nitrogen and oxygen atoms in total. The van der Waals surface area contributed by atoms with Crippen LogP contribution in [0.25, 0.3) is 0 Å². The zero-order chi connectivity index (χ0) is 21.9. The molecule has 1 heterocycles. The highest BCUT2D eigenvalue weighted by molar-refractivity contribution is 7.92. The van der Waals surface area contributed by atoms with E-state index >= 15 is 0 Å². The van der Waals surface area contributed by atoms with Gasteiger partial charge in [0.2, 0.25) is 0 Å². The van der Waals surface area contributed by atoms with Crippen LogP contribution in [0.4, 0.5) is 24.5 Å². The minimum atomic E-state index is -4.69. The average Bonchev–Trinajstić information content (AvgIpc) is 2.69. The summed E-state index contributed by atoms with van der Waals surface area (Å²) in [5.74, 6) is -0.603. The van der Waals surface area contributed by atoms with Crippen molar-refractivity contribution in [3.63, 3.8) is 0 Å². The fourth-order valence-corrected chi connectivity index (χ4v) is 3.72. The van der Waals surface area contributed by atoms with Crippen molar-refractivity contribution in [2.24, 2.45) is 0 Å². The second-order valence-corrected chi connectivity index (χ2v) is 8.00. The Kier molecular flexibility index (Phi) is 5.79. The molecule has 0 unspecified atom stereocenters. The van der Waals surface area contributed by atoms with Crippen LogP contribution in [-0.4, -0.2) is 19.3 Å². The maximum absolute atomic E-state index is 12.9. The third-order valence-electron chi connectivity index (χ3n) is 4.17. The van der Waals surface area contributed by atoms with E-state index in [0.29, 0.717) is 11.8 Å². The van der Waals surface area contributed by atoms with Crippen LogP contribution in [0.3, 0.4) is 0 Å². The summed E-state index contributed by atoms with van der Waals surface area (Å²) in [6, 6.07) is 10.8. The second-order valence-electron chi connectivity index (χ2n) is 6.32. The molecule has 30 heavy (non-hydrogen) atoms. The number of hydrogen-bond donors (Lipinski definition) is 2. The van der Waals surface area contributed by atoms with E-state index in [4.69, 9.17) is 0 Å². The van der Waals surface area contributed by atoms with E-state index in [-0.39, 0.29) is 11.3 Å². The van der Waals surface area contributed by atoms with Gasteiger partial charge in [0, 0.05) is 6.20 Å². The van der Waals surface area contributed by atoms with Gasteiger partial charge in [-0.2, -0.15) is 13.2 Å². The van der Waals surface area contributed by atoms with E-state index in [0.717, 1.165) is 23.8 Å². The fourth-order valence-electron chi connectivity index (χ4n) is 2.60. The Morgan fingerprint density at radius 2 is 1.73 bits per heavy atom. The number of anilines is 2. The molecule has 0 saturated heterocycles. The molecule has 3 aromatic rings. The molecule has 0 saturated carbocycles. The number of benzene rings is 2. The lowest BCUT2D eigenvalue weighted by molar-refractivity contribution is -0.137. The summed E-state index contributed by atoms with van der Waals surface area (Å²) in [5, 5.41) is 2.64. The molecule has 1 aromatic heterocycles. The van der Waals surface area contributed by atoms with E-state index < -0.39 is 32.6 Å². The number of nitrogens with zero attached hydrogens (tertiary/aromatic N) is 1. The van der Waals surface area contributed by atoms with Gasteiger partial charge in [-0.05, 0) is 48.9 Å². The minimum Gasteiger partial charge on any atom is -0.320 e. The van der Waals surface area contributed by atoms with Crippen molar-refractivity contribution in [1.82, 2.24) is 4.98 Å². The van der Waals surface area contributed by atoms with Crippen molar-refractivity contribution in [2.45, 2.75) is 18.0 Å². The number of halogens is 3. The van der Waals surface area contributed by atoms with Crippen LogP contribution in [0.15, 0.2) is 71.9 Å². The Balaban J connectivity index is 1.91. The Hall–Kier alpha value is -3.40. The Morgan fingerprint density at radius 1 is 1.00 bits per heavy atom. The van der Waals surface area contributed by atoms with Gasteiger partial charge in [-0.15, -0.1) is 0 Å². The zero-order valence-electron chi connectivity index (χ0n) is 15.6. The third-order valence-corrected chi connectivity index (χ3v) is 5.54. The Bertz CT molecular complexity index is 1190. The summed E-state index contributed by atoms with van der Waals surface area (Å²) >= 11 is 0. The highest BCUT2D eigenvalue weighted by Crippen LogP contribution is 2.31. The lowest BCUT2D eigenvalue weighted by atomic mass is 10.1. The number of rotatable bonds is 5. The smallest absolute Gasteiger partial charge is 0.320 e. The molecule has 0 bridgehead atoms. The number of nitrogens with one attached hydrogen (secondary N) is 2. The van der Waals surface area contributed by atoms with Crippen molar-refractivity contribution in [1.29, 1.82) is 0 Å². The number of pyridine rings is 1. The van der Waals surface area contributed by atoms with Crippen LogP contribution in [-0.2, 0) is 16.2 Å².